The van der Waals surface area contributed by atoms with Crippen LogP contribution in [0.25, 0.3) is 0 Å². The lowest BCUT2D eigenvalue weighted by Crippen LogP contribution is -2.46. The van der Waals surface area contributed by atoms with Crippen LogP contribution in [0.4, 0.5) is 0 Å². The molecule has 8 nitrogen and oxygen atoms in total. The third-order valence-corrected chi connectivity index (χ3v) is 5.99. The summed E-state index contributed by atoms with van der Waals surface area (Å²) in [6.07, 6.45) is 1.60. The van der Waals surface area contributed by atoms with E-state index >= 15 is 0 Å². The van der Waals surface area contributed by atoms with Gasteiger partial charge in [-0.15, -0.1) is 0 Å². The molecule has 0 spiro atoms. The number of esters is 1. The Morgan fingerprint density at radius 1 is 0.912 bits per heavy atom. The highest BCUT2D eigenvalue weighted by molar-refractivity contribution is 5.76. The molecular weight excluding hydrogens is 436 g/mol. The first kappa shape index (κ1) is 29.1. The number of phenols is 2. The number of hydrogen-bond acceptors (Lipinski definition) is 8. The van der Waals surface area contributed by atoms with Gasteiger partial charge in [-0.3, -0.25) is 4.79 Å². The Hall–Kier alpha value is -2.94. The van der Waals surface area contributed by atoms with Crippen molar-refractivity contribution in [3.8, 4) is 11.5 Å². The number of aromatic hydroxyl groups is 2. The van der Waals surface area contributed by atoms with E-state index in [1.165, 1.54) is 0 Å². The maximum absolute atomic E-state index is 12.0. The Morgan fingerprint density at radius 2 is 1.35 bits per heavy atom. The number of nitrogens with two attached hydrogens (primary N) is 2. The summed E-state index contributed by atoms with van der Waals surface area (Å²) in [4.78, 5) is 22.2. The summed E-state index contributed by atoms with van der Waals surface area (Å²) in [7, 11) is 1.64. The number of ether oxygens (including phenoxy) is 2. The maximum Gasteiger partial charge on any atom is 0.323 e. The average molecular weight is 475 g/mol. The summed E-state index contributed by atoms with van der Waals surface area (Å²) < 4.78 is 10.8. The predicted octanol–water partition coefficient (Wildman–Crippen LogP) is 2.72. The van der Waals surface area contributed by atoms with E-state index in [0.717, 1.165) is 11.1 Å². The Bertz CT molecular complexity index is 895. The van der Waals surface area contributed by atoms with Crippen molar-refractivity contribution in [3.63, 3.8) is 0 Å². The molecule has 0 saturated carbocycles. The van der Waals surface area contributed by atoms with Gasteiger partial charge in [-0.2, -0.15) is 0 Å². The van der Waals surface area contributed by atoms with Crippen molar-refractivity contribution in [2.24, 2.45) is 16.9 Å². The Morgan fingerprint density at radius 3 is 1.76 bits per heavy atom. The van der Waals surface area contributed by atoms with Crippen molar-refractivity contribution < 1.29 is 29.3 Å². The van der Waals surface area contributed by atoms with E-state index in [2.05, 4.69) is 0 Å². The van der Waals surface area contributed by atoms with Crippen LogP contribution < -0.4 is 11.5 Å². The molecule has 188 valence electrons. The van der Waals surface area contributed by atoms with Crippen LogP contribution in [-0.2, 0) is 31.9 Å². The molecule has 6 N–H and O–H groups in total. The van der Waals surface area contributed by atoms with E-state index < -0.39 is 23.7 Å². The van der Waals surface area contributed by atoms with Gasteiger partial charge in [0, 0.05) is 12.5 Å². The molecule has 2 aromatic rings. The molecule has 0 aromatic heterocycles. The lowest BCUT2D eigenvalue weighted by atomic mass is 9.78. The van der Waals surface area contributed by atoms with Crippen LogP contribution in [-0.4, -0.2) is 53.9 Å². The molecule has 2 aromatic carbocycles. The molecule has 8 heteroatoms. The van der Waals surface area contributed by atoms with Gasteiger partial charge in [-0.1, -0.05) is 38.1 Å². The maximum atomic E-state index is 12.0. The smallest absolute Gasteiger partial charge is 0.323 e. The van der Waals surface area contributed by atoms with Crippen LogP contribution in [0.5, 0.6) is 11.5 Å². The topological polar surface area (TPSA) is 145 Å². The predicted molar refractivity (Wildman–Crippen MR) is 131 cm³/mol. The first-order valence-corrected chi connectivity index (χ1v) is 11.1. The second-order valence-corrected chi connectivity index (χ2v) is 9.35. The number of methoxy groups -OCH3 is 1. The van der Waals surface area contributed by atoms with Gasteiger partial charge < -0.3 is 35.9 Å². The van der Waals surface area contributed by atoms with Crippen molar-refractivity contribution in [2.75, 3.05) is 13.7 Å². The fraction of sp³-hybridized carbons (Fsp3) is 0.462. The number of rotatable bonds is 10. The normalized spacial score (nSPS) is 13.3. The van der Waals surface area contributed by atoms with Gasteiger partial charge in [0.2, 0.25) is 0 Å². The van der Waals surface area contributed by atoms with Gasteiger partial charge >= 0.3 is 5.97 Å². The zero-order valence-corrected chi connectivity index (χ0v) is 20.7. The van der Waals surface area contributed by atoms with Gasteiger partial charge in [0.1, 0.15) is 23.8 Å². The molecule has 2 atom stereocenters. The molecule has 0 radical (unpaired) electrons. The number of carbonyl (C=O) groups excluding carboxylic acids is 2. The molecule has 0 saturated heterocycles. The fourth-order valence-corrected chi connectivity index (χ4v) is 2.73. The third-order valence-electron chi connectivity index (χ3n) is 5.99. The standard InChI is InChI=1S/C17H27NO4.C9H11NO2/c1-16(2,17(3,4)21-5)11-22-15(20)14(18)10-12-6-8-13(19)9-7-12;10-8(6-11)5-7-1-3-9(12)4-2-7/h6-9,14,19H,10-11,18H2,1-5H3;1-4,6,8,12H,5,10H2. The molecule has 0 aliphatic carbocycles. The lowest BCUT2D eigenvalue weighted by Gasteiger charge is -2.39. The minimum Gasteiger partial charge on any atom is -0.508 e. The van der Waals surface area contributed by atoms with E-state index in [1.807, 2.05) is 27.7 Å². The van der Waals surface area contributed by atoms with Crippen molar-refractivity contribution in [1.82, 2.24) is 0 Å². The van der Waals surface area contributed by atoms with Gasteiger partial charge in [0.25, 0.3) is 0 Å². The number of phenolic OH excluding ortho intramolecular Hbond substituents is 2. The minimum absolute atomic E-state index is 0.184. The molecule has 2 unspecified atom stereocenters. The van der Waals surface area contributed by atoms with Crippen LogP contribution >= 0.6 is 0 Å². The molecule has 0 bridgehead atoms. The number of hydrogen-bond donors (Lipinski definition) is 4. The fourth-order valence-electron chi connectivity index (χ4n) is 2.73. The van der Waals surface area contributed by atoms with Crippen LogP contribution in [0, 0.1) is 5.41 Å². The second-order valence-electron chi connectivity index (χ2n) is 9.35. The Kier molecular flexibility index (Phi) is 11.2. The van der Waals surface area contributed by atoms with Gasteiger partial charge in [-0.05, 0) is 62.1 Å². The van der Waals surface area contributed by atoms with E-state index in [4.69, 9.17) is 26.0 Å². The Labute approximate surface area is 201 Å². The van der Waals surface area contributed by atoms with Crippen LogP contribution in [0.15, 0.2) is 48.5 Å². The summed E-state index contributed by atoms with van der Waals surface area (Å²) in [6, 6.07) is 12.1. The molecule has 34 heavy (non-hydrogen) atoms. The number of aldehydes is 1. The zero-order valence-electron chi connectivity index (χ0n) is 20.7. The van der Waals surface area contributed by atoms with E-state index in [1.54, 1.807) is 55.6 Å². The van der Waals surface area contributed by atoms with Gasteiger partial charge in [0.15, 0.2) is 0 Å². The summed E-state index contributed by atoms with van der Waals surface area (Å²) in [5.41, 5.74) is 12.4. The van der Waals surface area contributed by atoms with Crippen molar-refractivity contribution in [1.29, 1.82) is 0 Å². The lowest BCUT2D eigenvalue weighted by molar-refractivity contribution is -0.156. The summed E-state index contributed by atoms with van der Waals surface area (Å²) in [6.45, 7) is 8.11. The van der Waals surface area contributed by atoms with E-state index in [-0.39, 0.29) is 23.5 Å². The molecule has 0 amide bonds. The molecular formula is C26H38N2O6. The van der Waals surface area contributed by atoms with Crippen LogP contribution in [0.1, 0.15) is 38.8 Å². The monoisotopic (exact) mass is 474 g/mol. The molecule has 0 aliphatic rings. The summed E-state index contributed by atoms with van der Waals surface area (Å²) in [5, 5.41) is 18.2. The minimum atomic E-state index is -0.731. The third kappa shape index (κ3) is 9.51. The quantitative estimate of drug-likeness (QED) is 0.304. The molecule has 0 fully saturated rings. The highest BCUT2D eigenvalue weighted by atomic mass is 16.5. The molecule has 0 aliphatic heterocycles. The first-order valence-electron chi connectivity index (χ1n) is 11.1. The highest BCUT2D eigenvalue weighted by Gasteiger charge is 2.38. The van der Waals surface area contributed by atoms with E-state index in [0.29, 0.717) is 19.1 Å². The van der Waals surface area contributed by atoms with Crippen molar-refractivity contribution >= 4 is 12.3 Å². The summed E-state index contributed by atoms with van der Waals surface area (Å²) in [5.74, 6) is -0.0325. The summed E-state index contributed by atoms with van der Waals surface area (Å²) >= 11 is 0. The molecule has 2 rings (SSSR count). The zero-order chi connectivity index (χ0) is 25.9. The Balaban J connectivity index is 0.000000404. The highest BCUT2D eigenvalue weighted by Crippen LogP contribution is 2.33. The number of carbonyl (C=O) groups is 2. The van der Waals surface area contributed by atoms with Crippen molar-refractivity contribution in [2.45, 2.75) is 58.2 Å². The SMILES string of the molecule is COC(C)(C)C(C)(C)COC(=O)C(N)Cc1ccc(O)cc1.NC(C=O)Cc1ccc(O)cc1. The van der Waals surface area contributed by atoms with Crippen molar-refractivity contribution in [3.05, 3.63) is 59.7 Å². The molecule has 0 heterocycles. The second kappa shape index (κ2) is 13.1. The average Bonchev–Trinajstić information content (AvgIpc) is 2.80. The van der Waals surface area contributed by atoms with E-state index in [9.17, 15) is 14.7 Å². The number of benzene rings is 2. The first-order chi connectivity index (χ1) is 15.8. The van der Waals surface area contributed by atoms with Gasteiger partial charge in [0.05, 0.1) is 18.2 Å². The van der Waals surface area contributed by atoms with Crippen LogP contribution in [0.2, 0.25) is 0 Å². The van der Waals surface area contributed by atoms with Gasteiger partial charge in [-0.25, -0.2) is 0 Å². The van der Waals surface area contributed by atoms with Crippen LogP contribution in [0.3, 0.4) is 0 Å². The largest absolute Gasteiger partial charge is 0.508 e.